The molecule has 0 saturated carbocycles. The molecule has 0 unspecified atom stereocenters. The van der Waals surface area contributed by atoms with E-state index in [0.717, 1.165) is 24.3 Å². The molecule has 0 saturated heterocycles. The molecule has 0 spiro atoms. The summed E-state index contributed by atoms with van der Waals surface area (Å²) in [5.41, 5.74) is 0. The molecule has 10 heteroatoms. The van der Waals surface area contributed by atoms with Gasteiger partial charge in [-0.05, 0) is 23.9 Å². The van der Waals surface area contributed by atoms with Gasteiger partial charge in [0.1, 0.15) is 0 Å². The van der Waals surface area contributed by atoms with Crippen molar-refractivity contribution in [3.05, 3.63) is 30.3 Å². The summed E-state index contributed by atoms with van der Waals surface area (Å²) in [6, 6.07) is 5.35. The Balaban J connectivity index is 3.12. The first-order valence-corrected chi connectivity index (χ1v) is 5.59. The molecular weight excluding hydrogens is 323 g/mol. The van der Waals surface area contributed by atoms with E-state index in [1.54, 1.807) is 0 Å². The fourth-order valence-electron chi connectivity index (χ4n) is 1.06. The monoisotopic (exact) mass is 328 g/mol. The lowest BCUT2D eigenvalue weighted by Crippen LogP contribution is -2.59. The van der Waals surface area contributed by atoms with Crippen molar-refractivity contribution in [2.45, 2.75) is 28.2 Å². The summed E-state index contributed by atoms with van der Waals surface area (Å²) in [5, 5.41) is -5.65. The Bertz CT molecular complexity index is 452. The van der Waals surface area contributed by atoms with E-state index in [0.29, 0.717) is 0 Å². The molecule has 0 N–H and O–H groups in total. The number of alkyl halides is 9. The summed E-state index contributed by atoms with van der Waals surface area (Å²) in [6.45, 7) is 0. The Morgan fingerprint density at radius 2 is 1.10 bits per heavy atom. The molecule has 0 radical (unpaired) electrons. The SMILES string of the molecule is FC(F)(F)C(F)(F)C(F)(F)C(F)(F)Sc1ccccc1. The first-order valence-electron chi connectivity index (χ1n) is 4.77. The highest BCUT2D eigenvalue weighted by molar-refractivity contribution is 8.00. The van der Waals surface area contributed by atoms with Crippen LogP contribution in [0, 0.1) is 0 Å². The van der Waals surface area contributed by atoms with Gasteiger partial charge in [0.25, 0.3) is 0 Å². The van der Waals surface area contributed by atoms with E-state index in [1.165, 1.54) is 6.07 Å². The molecule has 114 valence electrons. The van der Waals surface area contributed by atoms with Gasteiger partial charge in [0.15, 0.2) is 0 Å². The standard InChI is InChI=1S/C10H5F9S/c11-7(12,9(15,16)17)8(13,14)10(18,19)20-6-4-2-1-3-5-6/h1-5H. The van der Waals surface area contributed by atoms with Gasteiger partial charge >= 0.3 is 23.3 Å². The van der Waals surface area contributed by atoms with Crippen LogP contribution in [0.15, 0.2) is 35.2 Å². The van der Waals surface area contributed by atoms with Crippen LogP contribution in [0.4, 0.5) is 39.5 Å². The van der Waals surface area contributed by atoms with Gasteiger partial charge in [0.2, 0.25) is 0 Å². The number of rotatable bonds is 4. The highest BCUT2D eigenvalue weighted by Crippen LogP contribution is 2.57. The average Bonchev–Trinajstić information content (AvgIpc) is 2.27. The second-order valence-electron chi connectivity index (χ2n) is 3.58. The zero-order valence-corrected chi connectivity index (χ0v) is 10.0. The summed E-state index contributed by atoms with van der Waals surface area (Å²) in [5.74, 6) is -13.5. The normalized spacial score (nSPS) is 14.4. The van der Waals surface area contributed by atoms with Gasteiger partial charge in [0.05, 0.1) is 0 Å². The van der Waals surface area contributed by atoms with E-state index in [4.69, 9.17) is 0 Å². The Kier molecular flexibility index (Phi) is 4.29. The highest BCUT2D eigenvalue weighted by Gasteiger charge is 2.82. The third-order valence-corrected chi connectivity index (χ3v) is 3.13. The van der Waals surface area contributed by atoms with Crippen LogP contribution >= 0.6 is 11.8 Å². The van der Waals surface area contributed by atoms with Crippen molar-refractivity contribution >= 4 is 11.8 Å². The molecule has 0 aliphatic carbocycles. The molecule has 0 heterocycles. The third-order valence-electron chi connectivity index (χ3n) is 2.11. The van der Waals surface area contributed by atoms with Gasteiger partial charge in [-0.1, -0.05) is 18.2 Å². The van der Waals surface area contributed by atoms with Crippen LogP contribution in [-0.2, 0) is 0 Å². The van der Waals surface area contributed by atoms with Gasteiger partial charge in [-0.25, -0.2) is 0 Å². The Morgan fingerprint density at radius 3 is 1.50 bits per heavy atom. The molecule has 0 aliphatic rings. The molecule has 1 aromatic rings. The van der Waals surface area contributed by atoms with E-state index in [9.17, 15) is 39.5 Å². The molecule has 0 fully saturated rings. The predicted octanol–water partition coefficient (Wildman–Crippen LogP) is 5.20. The molecular formula is C10H5F9S. The predicted molar refractivity (Wildman–Crippen MR) is 53.2 cm³/mol. The number of benzene rings is 1. The van der Waals surface area contributed by atoms with E-state index >= 15 is 0 Å². The van der Waals surface area contributed by atoms with Crippen molar-refractivity contribution in [1.82, 2.24) is 0 Å². The molecule has 0 aromatic heterocycles. The quantitative estimate of drug-likeness (QED) is 0.540. The van der Waals surface area contributed by atoms with E-state index in [-0.39, 0.29) is 0 Å². The van der Waals surface area contributed by atoms with E-state index in [2.05, 4.69) is 0 Å². The largest absolute Gasteiger partial charge is 0.460 e. The Morgan fingerprint density at radius 1 is 0.650 bits per heavy atom. The van der Waals surface area contributed by atoms with Crippen molar-refractivity contribution in [1.29, 1.82) is 0 Å². The summed E-state index contributed by atoms with van der Waals surface area (Å²) in [4.78, 5) is -0.574. The summed E-state index contributed by atoms with van der Waals surface area (Å²) in [6.07, 6.45) is -6.79. The maximum Gasteiger partial charge on any atom is 0.460 e. The lowest BCUT2D eigenvalue weighted by Gasteiger charge is -2.33. The Labute approximate surface area is 111 Å². The first kappa shape index (κ1) is 17.0. The second-order valence-corrected chi connectivity index (χ2v) is 4.77. The van der Waals surface area contributed by atoms with Crippen molar-refractivity contribution in [2.24, 2.45) is 0 Å². The van der Waals surface area contributed by atoms with Crippen LogP contribution < -0.4 is 0 Å². The molecule has 0 bridgehead atoms. The van der Waals surface area contributed by atoms with Gasteiger partial charge in [-0.3, -0.25) is 0 Å². The maximum absolute atomic E-state index is 13.1. The number of hydrogen-bond acceptors (Lipinski definition) is 1. The van der Waals surface area contributed by atoms with Crippen molar-refractivity contribution in [3.8, 4) is 0 Å². The molecule has 1 aromatic carbocycles. The second kappa shape index (κ2) is 5.05. The van der Waals surface area contributed by atoms with E-state index in [1.807, 2.05) is 0 Å². The minimum atomic E-state index is -6.86. The molecule has 0 atom stereocenters. The van der Waals surface area contributed by atoms with Crippen molar-refractivity contribution < 1.29 is 39.5 Å². The molecule has 0 nitrogen and oxygen atoms in total. The summed E-state index contributed by atoms with van der Waals surface area (Å²) >= 11 is -1.07. The topological polar surface area (TPSA) is 0 Å². The smallest absolute Gasteiger partial charge is 0.191 e. The van der Waals surface area contributed by atoms with Crippen LogP contribution in [-0.4, -0.2) is 23.3 Å². The number of hydrogen-bond donors (Lipinski definition) is 0. The fraction of sp³-hybridized carbons (Fsp3) is 0.400. The lowest BCUT2D eigenvalue weighted by atomic mass is 10.1. The summed E-state index contributed by atoms with van der Waals surface area (Å²) < 4.78 is 113. The Hall–Kier alpha value is -1.06. The van der Waals surface area contributed by atoms with Gasteiger partial charge < -0.3 is 0 Å². The fourth-order valence-corrected chi connectivity index (χ4v) is 1.91. The van der Waals surface area contributed by atoms with Crippen molar-refractivity contribution in [2.75, 3.05) is 0 Å². The van der Waals surface area contributed by atoms with Crippen LogP contribution in [0.25, 0.3) is 0 Å². The zero-order valence-electron chi connectivity index (χ0n) is 9.20. The van der Waals surface area contributed by atoms with Crippen LogP contribution in [0.1, 0.15) is 0 Å². The summed E-state index contributed by atoms with van der Waals surface area (Å²) in [7, 11) is 0. The maximum atomic E-state index is 13.1. The molecule has 1 rings (SSSR count). The minimum Gasteiger partial charge on any atom is -0.191 e. The van der Waals surface area contributed by atoms with E-state index < -0.39 is 39.9 Å². The average molecular weight is 328 g/mol. The van der Waals surface area contributed by atoms with Crippen LogP contribution in [0.5, 0.6) is 0 Å². The van der Waals surface area contributed by atoms with Gasteiger partial charge in [-0.15, -0.1) is 0 Å². The third kappa shape index (κ3) is 2.84. The molecule has 20 heavy (non-hydrogen) atoms. The minimum absolute atomic E-state index is 0.574. The van der Waals surface area contributed by atoms with Gasteiger partial charge in [-0.2, -0.15) is 39.5 Å². The molecule has 0 amide bonds. The van der Waals surface area contributed by atoms with Crippen LogP contribution in [0.2, 0.25) is 0 Å². The van der Waals surface area contributed by atoms with Crippen molar-refractivity contribution in [3.63, 3.8) is 0 Å². The number of halogens is 9. The lowest BCUT2D eigenvalue weighted by molar-refractivity contribution is -0.381. The van der Waals surface area contributed by atoms with Crippen LogP contribution in [0.3, 0.4) is 0 Å². The molecule has 0 aliphatic heterocycles. The first-order chi connectivity index (χ1) is 8.83. The number of thioether (sulfide) groups is 1. The highest BCUT2D eigenvalue weighted by atomic mass is 32.2. The van der Waals surface area contributed by atoms with Gasteiger partial charge in [0, 0.05) is 4.90 Å². The zero-order chi connectivity index (χ0) is 15.8.